The Morgan fingerprint density at radius 2 is 1.88 bits per heavy atom. The zero-order chi connectivity index (χ0) is 33.7. The lowest BCUT2D eigenvalue weighted by Gasteiger charge is -2.32. The summed E-state index contributed by atoms with van der Waals surface area (Å²) in [6, 6.07) is 7.99. The quantitative estimate of drug-likeness (QED) is 0.356. The van der Waals surface area contributed by atoms with E-state index in [1.807, 2.05) is 36.7 Å². The molecule has 0 radical (unpaired) electrons. The van der Waals surface area contributed by atoms with Crippen molar-refractivity contribution in [2.75, 3.05) is 43.9 Å². The van der Waals surface area contributed by atoms with Crippen molar-refractivity contribution < 1.29 is 19.4 Å². The first-order valence-electron chi connectivity index (χ1n) is 16.9. The van der Waals surface area contributed by atoms with Crippen LogP contribution in [-0.2, 0) is 35.5 Å². The van der Waals surface area contributed by atoms with E-state index in [9.17, 15) is 14.7 Å². The van der Waals surface area contributed by atoms with Gasteiger partial charge in [-0.1, -0.05) is 19.9 Å². The molecule has 3 aromatic rings. The number of aliphatic hydroxyl groups excluding tert-OH is 1. The van der Waals surface area contributed by atoms with Gasteiger partial charge in [-0.15, -0.1) is 0 Å². The van der Waals surface area contributed by atoms with Crippen LogP contribution in [0.25, 0.3) is 5.57 Å². The van der Waals surface area contributed by atoms with Crippen LogP contribution in [0.3, 0.4) is 0 Å². The number of piperidine rings is 1. The van der Waals surface area contributed by atoms with Gasteiger partial charge >= 0.3 is 5.97 Å². The minimum absolute atomic E-state index is 0.0521. The molecule has 0 saturated carbocycles. The maximum absolute atomic E-state index is 14.0. The molecule has 11 nitrogen and oxygen atoms in total. The standard InChI is InChI=1S/C37H45N7O4/c1-23(45)48-22-29-28(8-11-38-34(29)44-15-14-43-31(36(44)47)17-26-18-37(2,3)19-32(26)43)27-16-30(35(46)42(5)21-27)40-33-7-6-25(20-39-33)24-9-12-41(4)13-10-24/h6-8,11,16-17,20-21,24,35,46H,9-10,12-15,18-19,22H2,1-5H3,(H,39,40). The van der Waals surface area contributed by atoms with E-state index in [0.717, 1.165) is 49.9 Å². The van der Waals surface area contributed by atoms with Gasteiger partial charge in [-0.05, 0) is 98.1 Å². The molecule has 4 aliphatic rings. The lowest BCUT2D eigenvalue weighted by molar-refractivity contribution is -0.142. The molecule has 252 valence electrons. The Labute approximate surface area is 281 Å². The fourth-order valence-electron chi connectivity index (χ4n) is 7.66. The molecule has 0 bridgehead atoms. The second-order valence-electron chi connectivity index (χ2n) is 14.5. The monoisotopic (exact) mass is 651 g/mol. The predicted molar refractivity (Wildman–Crippen MR) is 184 cm³/mol. The molecule has 1 amide bonds. The lowest BCUT2D eigenvalue weighted by Crippen LogP contribution is -2.42. The van der Waals surface area contributed by atoms with Crippen molar-refractivity contribution in [3.63, 3.8) is 0 Å². The molecule has 3 aromatic heterocycles. The predicted octanol–water partition coefficient (Wildman–Crippen LogP) is 4.54. The molecule has 7 rings (SSSR count). The minimum Gasteiger partial charge on any atom is -0.461 e. The normalized spacial score (nSPS) is 21.0. The number of pyridine rings is 2. The minimum atomic E-state index is -0.925. The Morgan fingerprint density at radius 3 is 2.60 bits per heavy atom. The summed E-state index contributed by atoms with van der Waals surface area (Å²) in [6.45, 7) is 9.14. The van der Waals surface area contributed by atoms with Crippen molar-refractivity contribution in [2.45, 2.75) is 71.8 Å². The molecule has 3 aliphatic heterocycles. The van der Waals surface area contributed by atoms with Gasteiger partial charge in [0.05, 0.1) is 5.70 Å². The average molecular weight is 652 g/mol. The molecule has 1 atom stereocenters. The van der Waals surface area contributed by atoms with Crippen LogP contribution in [0.1, 0.15) is 78.0 Å². The number of carbonyl (C=O) groups excluding carboxylic acids is 2. The second kappa shape index (κ2) is 12.5. The first-order valence-corrected chi connectivity index (χ1v) is 16.9. The number of rotatable bonds is 7. The molecule has 0 spiro atoms. The summed E-state index contributed by atoms with van der Waals surface area (Å²) in [5.41, 5.74) is 7.31. The van der Waals surface area contributed by atoms with Gasteiger partial charge in [0.1, 0.15) is 23.9 Å². The number of anilines is 2. The van der Waals surface area contributed by atoms with E-state index >= 15 is 0 Å². The van der Waals surface area contributed by atoms with Crippen LogP contribution in [0, 0.1) is 5.41 Å². The fraction of sp³-hybridized carbons (Fsp3) is 0.459. The largest absolute Gasteiger partial charge is 0.461 e. The highest BCUT2D eigenvalue weighted by atomic mass is 16.5. The van der Waals surface area contributed by atoms with Crippen molar-refractivity contribution in [1.29, 1.82) is 0 Å². The van der Waals surface area contributed by atoms with Crippen LogP contribution in [-0.4, -0.2) is 81.3 Å². The van der Waals surface area contributed by atoms with Crippen LogP contribution in [0.15, 0.2) is 54.6 Å². The molecule has 1 saturated heterocycles. The molecular formula is C37H45N7O4. The highest BCUT2D eigenvalue weighted by Gasteiger charge is 2.38. The number of likely N-dealkylation sites (N-methyl/N-ethyl adjacent to an activating group) is 1. The Kier molecular flexibility index (Phi) is 8.37. The summed E-state index contributed by atoms with van der Waals surface area (Å²) in [7, 11) is 3.96. The van der Waals surface area contributed by atoms with Gasteiger partial charge in [0, 0.05) is 62.5 Å². The van der Waals surface area contributed by atoms with Gasteiger partial charge in [0.25, 0.3) is 5.91 Å². The van der Waals surface area contributed by atoms with E-state index in [2.05, 4.69) is 46.7 Å². The fourth-order valence-corrected chi connectivity index (χ4v) is 7.66. The molecule has 1 unspecified atom stereocenters. The molecule has 11 heteroatoms. The summed E-state index contributed by atoms with van der Waals surface area (Å²) in [6.07, 6.45) is 10.6. The Bertz CT molecular complexity index is 1800. The summed E-state index contributed by atoms with van der Waals surface area (Å²) >= 11 is 0. The smallest absolute Gasteiger partial charge is 0.302 e. The second-order valence-corrected chi connectivity index (χ2v) is 14.5. The van der Waals surface area contributed by atoms with Gasteiger partial charge in [0.2, 0.25) is 0 Å². The van der Waals surface area contributed by atoms with E-state index in [-0.39, 0.29) is 17.9 Å². The molecule has 0 aromatic carbocycles. The van der Waals surface area contributed by atoms with Crippen molar-refractivity contribution >= 4 is 29.1 Å². The number of ether oxygens (including phenoxy) is 1. The van der Waals surface area contributed by atoms with Gasteiger partial charge < -0.3 is 29.5 Å². The van der Waals surface area contributed by atoms with E-state index in [4.69, 9.17) is 9.72 Å². The summed E-state index contributed by atoms with van der Waals surface area (Å²) in [5.74, 6) is 1.07. The number of esters is 1. The number of allylic oxidation sites excluding steroid dienone is 2. The van der Waals surface area contributed by atoms with E-state index in [1.165, 1.54) is 23.7 Å². The Hall–Kier alpha value is -4.48. The third kappa shape index (κ3) is 6.12. The molecule has 48 heavy (non-hydrogen) atoms. The Morgan fingerprint density at radius 1 is 1.08 bits per heavy atom. The molecule has 1 fully saturated rings. The van der Waals surface area contributed by atoms with Crippen LogP contribution < -0.4 is 10.2 Å². The van der Waals surface area contributed by atoms with Crippen molar-refractivity contribution in [2.24, 2.45) is 5.41 Å². The number of carbonyl (C=O) groups is 2. The number of likely N-dealkylation sites (tertiary alicyclic amines) is 1. The Balaban J connectivity index is 1.18. The first-order chi connectivity index (χ1) is 23.0. The number of aliphatic hydroxyl groups is 1. The van der Waals surface area contributed by atoms with Gasteiger partial charge in [-0.3, -0.25) is 14.5 Å². The number of amides is 1. The van der Waals surface area contributed by atoms with Crippen LogP contribution in [0.4, 0.5) is 11.6 Å². The third-order valence-corrected chi connectivity index (χ3v) is 10.2. The molecule has 2 N–H and O–H groups in total. The average Bonchev–Trinajstić information content (AvgIpc) is 3.55. The maximum Gasteiger partial charge on any atom is 0.302 e. The van der Waals surface area contributed by atoms with E-state index in [0.29, 0.717) is 47.6 Å². The van der Waals surface area contributed by atoms with Crippen molar-refractivity contribution in [3.05, 3.63) is 88.3 Å². The lowest BCUT2D eigenvalue weighted by atomic mass is 9.90. The third-order valence-electron chi connectivity index (χ3n) is 10.2. The van der Waals surface area contributed by atoms with Gasteiger partial charge in [0.15, 0.2) is 6.23 Å². The number of fused-ring (bicyclic) bond motifs is 3. The number of nitrogens with zero attached hydrogens (tertiary/aromatic N) is 6. The summed E-state index contributed by atoms with van der Waals surface area (Å²) in [4.78, 5) is 41.2. The van der Waals surface area contributed by atoms with Crippen molar-refractivity contribution in [1.82, 2.24) is 24.3 Å². The number of hydrogen-bond acceptors (Lipinski definition) is 9. The number of hydrogen-bond donors (Lipinski definition) is 2. The highest BCUT2D eigenvalue weighted by Crippen LogP contribution is 2.40. The molecule has 6 heterocycles. The SMILES string of the molecule is CC(=O)OCc1c(C2=CN(C)C(O)C(Nc3ccc(C4CCN(C)CC4)cn3)=C2)ccnc1N1CCn2c(cc3c2CC(C)(C)C3)C1=O. The highest BCUT2D eigenvalue weighted by molar-refractivity contribution is 6.06. The summed E-state index contributed by atoms with van der Waals surface area (Å²) < 4.78 is 7.72. The van der Waals surface area contributed by atoms with Gasteiger partial charge in [-0.2, -0.15) is 0 Å². The van der Waals surface area contributed by atoms with Crippen LogP contribution in [0.2, 0.25) is 0 Å². The molecule has 1 aliphatic carbocycles. The topological polar surface area (TPSA) is 116 Å². The first kappa shape index (κ1) is 32.1. The van der Waals surface area contributed by atoms with Crippen molar-refractivity contribution in [3.8, 4) is 0 Å². The number of aromatic nitrogens is 3. The molecular weight excluding hydrogens is 606 g/mol. The van der Waals surface area contributed by atoms with Gasteiger partial charge in [-0.25, -0.2) is 9.97 Å². The zero-order valence-corrected chi connectivity index (χ0v) is 28.5. The van der Waals surface area contributed by atoms with E-state index < -0.39 is 12.2 Å². The zero-order valence-electron chi connectivity index (χ0n) is 28.5. The maximum atomic E-state index is 14.0. The van der Waals surface area contributed by atoms with Crippen LogP contribution in [0.5, 0.6) is 0 Å². The summed E-state index contributed by atoms with van der Waals surface area (Å²) in [5, 5.41) is 14.5. The van der Waals surface area contributed by atoms with Crippen LogP contribution >= 0.6 is 0 Å². The van der Waals surface area contributed by atoms with E-state index in [1.54, 1.807) is 23.0 Å². The number of nitrogens with one attached hydrogen (secondary N) is 1.